The number of hydrogen-bond donors (Lipinski definition) is 2. The number of benzene rings is 1. The van der Waals surface area contributed by atoms with Gasteiger partial charge in [-0.05, 0) is 30.7 Å². The summed E-state index contributed by atoms with van der Waals surface area (Å²) >= 11 is 0. The Balaban J connectivity index is 1.71. The number of fused-ring (bicyclic) bond motifs is 1. The lowest BCUT2D eigenvalue weighted by molar-refractivity contribution is 0.0946. The van der Waals surface area contributed by atoms with Crippen LogP contribution in [0.4, 0.5) is 0 Å². The van der Waals surface area contributed by atoms with Crippen LogP contribution in [0.5, 0.6) is 0 Å². The molecule has 20 heavy (non-hydrogen) atoms. The van der Waals surface area contributed by atoms with Crippen LogP contribution >= 0.6 is 0 Å². The van der Waals surface area contributed by atoms with Gasteiger partial charge in [-0.2, -0.15) is 0 Å². The topological polar surface area (TPSA) is 57.8 Å². The fraction of sp³-hybridized carbons (Fsp3) is 0.125. The highest BCUT2D eigenvalue weighted by Gasteiger charge is 2.08. The van der Waals surface area contributed by atoms with E-state index in [1.165, 1.54) is 0 Å². The number of amides is 1. The summed E-state index contributed by atoms with van der Waals surface area (Å²) in [5, 5.41) is 3.92. The first kappa shape index (κ1) is 12.4. The van der Waals surface area contributed by atoms with Crippen molar-refractivity contribution in [2.24, 2.45) is 0 Å². The van der Waals surface area contributed by atoms with Gasteiger partial charge >= 0.3 is 0 Å². The van der Waals surface area contributed by atoms with Crippen molar-refractivity contribution in [3.63, 3.8) is 0 Å². The normalized spacial score (nSPS) is 10.7. The molecule has 0 bridgehead atoms. The minimum atomic E-state index is -0.109. The number of carbonyl (C=O) groups is 1. The monoisotopic (exact) mass is 265 g/mol. The molecule has 0 radical (unpaired) electrons. The summed E-state index contributed by atoms with van der Waals surface area (Å²) in [6.45, 7) is 2.41. The lowest BCUT2D eigenvalue weighted by Crippen LogP contribution is -2.23. The Labute approximate surface area is 116 Å². The van der Waals surface area contributed by atoms with Crippen molar-refractivity contribution in [2.45, 2.75) is 13.5 Å². The predicted octanol–water partition coefficient (Wildman–Crippen LogP) is 2.80. The molecule has 100 valence electrons. The smallest absolute Gasteiger partial charge is 0.267 e. The van der Waals surface area contributed by atoms with Crippen LogP contribution in [0.1, 0.15) is 21.7 Å². The molecule has 2 N–H and O–H groups in total. The van der Waals surface area contributed by atoms with Gasteiger partial charge in [0.2, 0.25) is 0 Å². The molecule has 0 aliphatic heterocycles. The van der Waals surface area contributed by atoms with Crippen molar-refractivity contribution < 1.29 is 4.79 Å². The Morgan fingerprint density at radius 1 is 1.25 bits per heavy atom. The van der Waals surface area contributed by atoms with Crippen molar-refractivity contribution in [3.8, 4) is 0 Å². The summed E-state index contributed by atoms with van der Waals surface area (Å²) in [5.41, 5.74) is 3.50. The molecule has 0 aliphatic carbocycles. The first-order valence-corrected chi connectivity index (χ1v) is 6.50. The average molecular weight is 265 g/mol. The summed E-state index contributed by atoms with van der Waals surface area (Å²) in [4.78, 5) is 19.4. The predicted molar refractivity (Wildman–Crippen MR) is 78.4 cm³/mol. The maximum absolute atomic E-state index is 12.1. The third-order valence-electron chi connectivity index (χ3n) is 3.20. The molecule has 4 heteroatoms. The molecule has 4 nitrogen and oxygen atoms in total. The van der Waals surface area contributed by atoms with Gasteiger partial charge < -0.3 is 10.3 Å². The quantitative estimate of drug-likeness (QED) is 0.765. The van der Waals surface area contributed by atoms with E-state index in [0.29, 0.717) is 12.2 Å². The van der Waals surface area contributed by atoms with Crippen LogP contribution in [-0.4, -0.2) is 15.9 Å². The molecular formula is C16H15N3O. The van der Waals surface area contributed by atoms with Crippen LogP contribution in [-0.2, 0) is 6.54 Å². The highest BCUT2D eigenvalue weighted by atomic mass is 16.1. The van der Waals surface area contributed by atoms with E-state index < -0.39 is 0 Å². The molecule has 1 aromatic carbocycles. The number of nitrogens with zero attached hydrogens (tertiary/aromatic N) is 1. The molecule has 1 amide bonds. The Hall–Kier alpha value is -2.62. The third kappa shape index (κ3) is 2.54. The average Bonchev–Trinajstić information content (AvgIpc) is 2.90. The summed E-state index contributed by atoms with van der Waals surface area (Å²) in [6.07, 6.45) is 1.78. The van der Waals surface area contributed by atoms with Crippen LogP contribution < -0.4 is 5.32 Å². The van der Waals surface area contributed by atoms with Gasteiger partial charge in [0, 0.05) is 29.3 Å². The Morgan fingerprint density at radius 2 is 2.10 bits per heavy atom. The van der Waals surface area contributed by atoms with Crippen molar-refractivity contribution in [3.05, 3.63) is 65.6 Å². The van der Waals surface area contributed by atoms with Crippen molar-refractivity contribution >= 4 is 16.8 Å². The van der Waals surface area contributed by atoms with Crippen LogP contribution in [0.2, 0.25) is 0 Å². The maximum Gasteiger partial charge on any atom is 0.267 e. The molecule has 2 heterocycles. The standard InChI is InChI=1S/C16H15N3O/c1-11-6-7-12(9-17-11)10-18-16(20)15-8-13-4-2-3-5-14(13)19-15/h2-9,19H,10H2,1H3,(H,18,20). The molecule has 3 rings (SSSR count). The second kappa shape index (κ2) is 5.17. The number of para-hydroxylation sites is 1. The van der Waals surface area contributed by atoms with Crippen molar-refractivity contribution in [1.29, 1.82) is 0 Å². The number of pyridine rings is 1. The highest BCUT2D eigenvalue weighted by Crippen LogP contribution is 2.14. The van der Waals surface area contributed by atoms with Crippen LogP contribution in [0, 0.1) is 6.92 Å². The number of hydrogen-bond acceptors (Lipinski definition) is 2. The van der Waals surface area contributed by atoms with Gasteiger partial charge in [0.25, 0.3) is 5.91 Å². The number of H-pyrrole nitrogens is 1. The first-order valence-electron chi connectivity index (χ1n) is 6.50. The molecule has 0 saturated carbocycles. The number of aryl methyl sites for hydroxylation is 1. The van der Waals surface area contributed by atoms with E-state index in [-0.39, 0.29) is 5.91 Å². The minimum absolute atomic E-state index is 0.109. The van der Waals surface area contributed by atoms with Gasteiger partial charge in [-0.25, -0.2) is 0 Å². The van der Waals surface area contributed by atoms with E-state index in [1.54, 1.807) is 6.20 Å². The molecule has 0 fully saturated rings. The largest absolute Gasteiger partial charge is 0.351 e. The summed E-state index contributed by atoms with van der Waals surface area (Å²) in [5.74, 6) is -0.109. The van der Waals surface area contributed by atoms with E-state index in [9.17, 15) is 4.79 Å². The molecule has 0 spiro atoms. The Bertz CT molecular complexity index is 711. The summed E-state index contributed by atoms with van der Waals surface area (Å²) in [6, 6.07) is 13.6. The zero-order chi connectivity index (χ0) is 13.9. The molecule has 0 saturated heterocycles. The van der Waals surface area contributed by atoms with Crippen molar-refractivity contribution in [2.75, 3.05) is 0 Å². The summed E-state index contributed by atoms with van der Waals surface area (Å²) < 4.78 is 0. The third-order valence-corrected chi connectivity index (χ3v) is 3.20. The number of nitrogens with one attached hydrogen (secondary N) is 2. The maximum atomic E-state index is 12.1. The number of aromatic nitrogens is 2. The van der Waals surface area contributed by atoms with E-state index in [1.807, 2.05) is 49.4 Å². The molecule has 2 aromatic heterocycles. The minimum Gasteiger partial charge on any atom is -0.351 e. The molecule has 3 aromatic rings. The van der Waals surface area contributed by atoms with Crippen molar-refractivity contribution in [1.82, 2.24) is 15.3 Å². The van der Waals surface area contributed by atoms with Gasteiger partial charge in [0.15, 0.2) is 0 Å². The van der Waals surface area contributed by atoms with E-state index in [0.717, 1.165) is 22.2 Å². The van der Waals surface area contributed by atoms with E-state index in [2.05, 4.69) is 15.3 Å². The zero-order valence-electron chi connectivity index (χ0n) is 11.2. The van der Waals surface area contributed by atoms with Crippen LogP contribution in [0.3, 0.4) is 0 Å². The Kier molecular flexibility index (Phi) is 3.21. The summed E-state index contributed by atoms with van der Waals surface area (Å²) in [7, 11) is 0. The van der Waals surface area contributed by atoms with Gasteiger partial charge in [0.1, 0.15) is 5.69 Å². The zero-order valence-corrected chi connectivity index (χ0v) is 11.2. The molecule has 0 atom stereocenters. The number of rotatable bonds is 3. The SMILES string of the molecule is Cc1ccc(CNC(=O)c2cc3ccccc3[nH]2)cn1. The lowest BCUT2D eigenvalue weighted by Gasteiger charge is -2.03. The second-order valence-corrected chi connectivity index (χ2v) is 4.76. The van der Waals surface area contributed by atoms with Gasteiger partial charge in [-0.3, -0.25) is 9.78 Å². The Morgan fingerprint density at radius 3 is 2.85 bits per heavy atom. The highest BCUT2D eigenvalue weighted by molar-refractivity contribution is 5.97. The number of aromatic amines is 1. The molecular weight excluding hydrogens is 250 g/mol. The van der Waals surface area contributed by atoms with E-state index >= 15 is 0 Å². The first-order chi connectivity index (χ1) is 9.72. The van der Waals surface area contributed by atoms with Gasteiger partial charge in [-0.15, -0.1) is 0 Å². The fourth-order valence-electron chi connectivity index (χ4n) is 2.08. The van der Waals surface area contributed by atoms with Gasteiger partial charge in [0.05, 0.1) is 0 Å². The molecule has 0 unspecified atom stereocenters. The second-order valence-electron chi connectivity index (χ2n) is 4.76. The molecule has 0 aliphatic rings. The number of carbonyl (C=O) groups excluding carboxylic acids is 1. The fourth-order valence-corrected chi connectivity index (χ4v) is 2.08. The van der Waals surface area contributed by atoms with Crippen LogP contribution in [0.15, 0.2) is 48.7 Å². The van der Waals surface area contributed by atoms with E-state index in [4.69, 9.17) is 0 Å². The lowest BCUT2D eigenvalue weighted by atomic mass is 10.2. The van der Waals surface area contributed by atoms with Gasteiger partial charge in [-0.1, -0.05) is 24.3 Å². The van der Waals surface area contributed by atoms with Crippen LogP contribution in [0.25, 0.3) is 10.9 Å².